The monoisotopic (exact) mass is 309 g/mol. The maximum Gasteiger partial charge on any atom is 0.241 e. The van der Waals surface area contributed by atoms with Gasteiger partial charge in [-0.15, -0.1) is 11.6 Å². The van der Waals surface area contributed by atoms with Crippen molar-refractivity contribution < 1.29 is 9.53 Å². The zero-order valence-electron chi connectivity index (χ0n) is 12.4. The van der Waals surface area contributed by atoms with Crippen molar-refractivity contribution in [3.8, 4) is 11.8 Å². The summed E-state index contributed by atoms with van der Waals surface area (Å²) >= 11 is 5.60. The van der Waals surface area contributed by atoms with Gasteiger partial charge in [0, 0.05) is 18.8 Å². The number of nitrogens with zero attached hydrogens (tertiary/aromatic N) is 2. The number of amides is 1. The van der Waals surface area contributed by atoms with Gasteiger partial charge in [-0.1, -0.05) is 13.8 Å². The smallest absolute Gasteiger partial charge is 0.241 e. The number of rotatable bonds is 4. The van der Waals surface area contributed by atoms with E-state index in [-0.39, 0.29) is 18.2 Å². The van der Waals surface area contributed by atoms with E-state index in [2.05, 4.69) is 5.32 Å². The van der Waals surface area contributed by atoms with Crippen LogP contribution in [0.3, 0.4) is 0 Å². The first-order valence-electron chi connectivity index (χ1n) is 7.00. The Labute approximate surface area is 130 Å². The third kappa shape index (κ3) is 4.54. The third-order valence-electron chi connectivity index (χ3n) is 2.81. The molecule has 0 saturated carbocycles. The van der Waals surface area contributed by atoms with Crippen molar-refractivity contribution in [1.29, 1.82) is 5.26 Å². The van der Waals surface area contributed by atoms with Crippen molar-refractivity contribution in [2.45, 2.75) is 20.3 Å². The molecule has 21 heavy (non-hydrogen) atoms. The fourth-order valence-electron chi connectivity index (χ4n) is 1.93. The summed E-state index contributed by atoms with van der Waals surface area (Å²) in [7, 11) is 0. The molecule has 1 aromatic carbocycles. The number of halogens is 1. The maximum atomic E-state index is 11.8. The molecule has 0 fully saturated rings. The molecule has 0 bridgehead atoms. The molecule has 1 heterocycles. The van der Waals surface area contributed by atoms with Gasteiger partial charge in [0.1, 0.15) is 18.2 Å². The van der Waals surface area contributed by atoms with Crippen LogP contribution in [0.4, 0.5) is 11.4 Å². The van der Waals surface area contributed by atoms with Gasteiger partial charge in [0.05, 0.1) is 18.2 Å². The molecule has 1 aromatic rings. The highest BCUT2D eigenvalue weighted by molar-refractivity contribution is 6.29. The highest BCUT2D eigenvalue weighted by Gasteiger charge is 2.17. The highest BCUT2D eigenvalue weighted by Crippen LogP contribution is 2.31. The second kappa shape index (κ2) is 9.09. The van der Waals surface area contributed by atoms with Crippen molar-refractivity contribution in [2.75, 3.05) is 35.8 Å². The van der Waals surface area contributed by atoms with E-state index in [1.54, 1.807) is 6.07 Å². The van der Waals surface area contributed by atoms with Gasteiger partial charge < -0.3 is 15.0 Å². The number of carbonyl (C=O) groups is 1. The van der Waals surface area contributed by atoms with Gasteiger partial charge in [0.2, 0.25) is 5.91 Å². The predicted octanol–water partition coefficient (Wildman–Crippen LogP) is 3.00. The summed E-state index contributed by atoms with van der Waals surface area (Å²) in [5.41, 5.74) is 1.57. The molecule has 0 aliphatic carbocycles. The molecule has 5 nitrogen and oxygen atoms in total. The number of hydrogen-bond acceptors (Lipinski definition) is 4. The Balaban J connectivity index is 0.00000106. The molecule has 1 amide bonds. The van der Waals surface area contributed by atoms with Crippen molar-refractivity contribution in [3.63, 3.8) is 0 Å². The van der Waals surface area contributed by atoms with Crippen molar-refractivity contribution in [3.05, 3.63) is 18.2 Å². The quantitative estimate of drug-likeness (QED) is 0.868. The number of carbonyl (C=O) groups excluding carboxylic acids is 1. The fraction of sp³-hybridized carbons (Fsp3) is 0.467. The van der Waals surface area contributed by atoms with Gasteiger partial charge in [0.15, 0.2) is 0 Å². The topological polar surface area (TPSA) is 65.4 Å². The number of nitriles is 1. The Morgan fingerprint density at radius 2 is 2.29 bits per heavy atom. The molecule has 1 aliphatic rings. The second-order valence-corrected chi connectivity index (χ2v) is 4.31. The van der Waals surface area contributed by atoms with Crippen LogP contribution in [0.5, 0.6) is 5.75 Å². The molecule has 0 saturated heterocycles. The first kappa shape index (κ1) is 17.1. The summed E-state index contributed by atoms with van der Waals surface area (Å²) in [5, 5.41) is 11.9. The van der Waals surface area contributed by atoms with Gasteiger partial charge in [-0.2, -0.15) is 5.26 Å². The standard InChI is InChI=1S/C13H14ClN3O2.C2H6/c14-9-13(18)17(6-1-4-15)10-2-3-12-11(8-10)16-5-7-19-12;1-2/h2-3,8,16H,1,5-7,9H2;1-2H3. The summed E-state index contributed by atoms with van der Waals surface area (Å²) in [6, 6.07) is 7.49. The average molecular weight is 310 g/mol. The summed E-state index contributed by atoms with van der Waals surface area (Å²) in [5.74, 6) is 0.453. The van der Waals surface area contributed by atoms with E-state index in [0.717, 1.165) is 23.7 Å². The minimum absolute atomic E-state index is 0.105. The zero-order chi connectivity index (χ0) is 15.7. The number of anilines is 2. The van der Waals surface area contributed by atoms with Crippen LogP contribution >= 0.6 is 11.6 Å². The second-order valence-electron chi connectivity index (χ2n) is 4.04. The SMILES string of the molecule is CC.N#CCCN(C(=O)CCl)c1ccc2c(c1)NCCO2. The van der Waals surface area contributed by atoms with E-state index in [4.69, 9.17) is 21.6 Å². The number of alkyl halides is 1. The molecule has 114 valence electrons. The van der Waals surface area contributed by atoms with Crippen LogP contribution in [0.1, 0.15) is 20.3 Å². The Morgan fingerprint density at radius 3 is 2.95 bits per heavy atom. The average Bonchev–Trinajstić information content (AvgIpc) is 2.56. The molecular formula is C15H20ClN3O2. The number of benzene rings is 1. The van der Waals surface area contributed by atoms with Crippen LogP contribution in [0, 0.1) is 11.3 Å². The lowest BCUT2D eigenvalue weighted by atomic mass is 10.2. The van der Waals surface area contributed by atoms with Crippen molar-refractivity contribution in [1.82, 2.24) is 0 Å². The molecular weight excluding hydrogens is 290 g/mol. The maximum absolute atomic E-state index is 11.8. The molecule has 0 aromatic heterocycles. The lowest BCUT2D eigenvalue weighted by Gasteiger charge is -2.24. The zero-order valence-corrected chi connectivity index (χ0v) is 13.1. The number of fused-ring (bicyclic) bond motifs is 1. The summed E-state index contributed by atoms with van der Waals surface area (Å²) in [6.45, 7) is 5.70. The Kier molecular flexibility index (Phi) is 7.41. The summed E-state index contributed by atoms with van der Waals surface area (Å²) in [4.78, 5) is 13.3. The van der Waals surface area contributed by atoms with E-state index < -0.39 is 0 Å². The van der Waals surface area contributed by atoms with Crippen molar-refractivity contribution in [2.24, 2.45) is 0 Å². The molecule has 1 N–H and O–H groups in total. The Morgan fingerprint density at radius 1 is 1.52 bits per heavy atom. The van der Waals surface area contributed by atoms with E-state index in [0.29, 0.717) is 13.2 Å². The highest BCUT2D eigenvalue weighted by atomic mass is 35.5. The van der Waals surface area contributed by atoms with E-state index >= 15 is 0 Å². The molecule has 0 atom stereocenters. The Hall–Kier alpha value is -1.93. The molecule has 0 spiro atoms. The normalized spacial score (nSPS) is 11.7. The lowest BCUT2D eigenvalue weighted by molar-refractivity contribution is -0.116. The summed E-state index contributed by atoms with van der Waals surface area (Å²) in [6.07, 6.45) is 0.268. The van der Waals surface area contributed by atoms with Crippen LogP contribution in [-0.2, 0) is 4.79 Å². The third-order valence-corrected chi connectivity index (χ3v) is 3.04. The van der Waals surface area contributed by atoms with Crippen LogP contribution in [-0.4, -0.2) is 31.5 Å². The van der Waals surface area contributed by atoms with Gasteiger partial charge in [-0.3, -0.25) is 4.79 Å². The molecule has 1 aliphatic heterocycles. The largest absolute Gasteiger partial charge is 0.490 e. The first-order chi connectivity index (χ1) is 10.3. The van der Waals surface area contributed by atoms with Gasteiger partial charge in [-0.25, -0.2) is 0 Å². The summed E-state index contributed by atoms with van der Waals surface area (Å²) < 4.78 is 5.48. The van der Waals surface area contributed by atoms with Crippen LogP contribution < -0.4 is 15.0 Å². The fourth-order valence-corrected chi connectivity index (χ4v) is 2.07. The molecule has 0 radical (unpaired) electrons. The van der Waals surface area contributed by atoms with E-state index in [9.17, 15) is 4.79 Å². The number of ether oxygens (including phenoxy) is 1. The van der Waals surface area contributed by atoms with Gasteiger partial charge in [0.25, 0.3) is 0 Å². The van der Waals surface area contributed by atoms with E-state index in [1.165, 1.54) is 4.90 Å². The van der Waals surface area contributed by atoms with Gasteiger partial charge in [-0.05, 0) is 18.2 Å². The minimum Gasteiger partial charge on any atom is -0.490 e. The predicted molar refractivity (Wildman–Crippen MR) is 85.1 cm³/mol. The first-order valence-corrected chi connectivity index (χ1v) is 7.53. The number of hydrogen-bond donors (Lipinski definition) is 1. The lowest BCUT2D eigenvalue weighted by Crippen LogP contribution is -2.33. The molecule has 6 heteroatoms. The van der Waals surface area contributed by atoms with Crippen LogP contribution in [0.2, 0.25) is 0 Å². The molecule has 0 unspecified atom stereocenters. The van der Waals surface area contributed by atoms with Crippen LogP contribution in [0.15, 0.2) is 18.2 Å². The molecule has 2 rings (SSSR count). The van der Waals surface area contributed by atoms with E-state index in [1.807, 2.05) is 32.0 Å². The minimum atomic E-state index is -0.214. The van der Waals surface area contributed by atoms with Crippen LogP contribution in [0.25, 0.3) is 0 Å². The Bertz CT molecular complexity index is 514. The van der Waals surface area contributed by atoms with Crippen molar-refractivity contribution >= 4 is 28.9 Å². The van der Waals surface area contributed by atoms with Gasteiger partial charge >= 0.3 is 0 Å². The number of nitrogens with one attached hydrogen (secondary N) is 1.